The van der Waals surface area contributed by atoms with Gasteiger partial charge in [0.05, 0.1) is 30.5 Å². The summed E-state index contributed by atoms with van der Waals surface area (Å²) >= 11 is 0. The van der Waals surface area contributed by atoms with Crippen LogP contribution >= 0.6 is 0 Å². The third-order valence-corrected chi connectivity index (χ3v) is 11.1. The summed E-state index contributed by atoms with van der Waals surface area (Å²) in [6, 6.07) is 17.0. The van der Waals surface area contributed by atoms with Gasteiger partial charge in [-0.15, -0.1) is 0 Å². The highest BCUT2D eigenvalue weighted by Crippen LogP contribution is 2.37. The first kappa shape index (κ1) is 43.7. The first-order valence-corrected chi connectivity index (χ1v) is 20.7. The number of aliphatic hydroxyl groups is 2. The van der Waals surface area contributed by atoms with E-state index in [9.17, 15) is 19.8 Å². The molecule has 1 saturated carbocycles. The van der Waals surface area contributed by atoms with Gasteiger partial charge in [0.15, 0.2) is 18.9 Å². The lowest BCUT2D eigenvalue weighted by molar-refractivity contribution is -0.287. The number of ether oxygens (including phenoxy) is 8. The minimum absolute atomic E-state index is 0.0457. The maximum atomic E-state index is 13.1. The van der Waals surface area contributed by atoms with Crippen LogP contribution in [0.5, 0.6) is 0 Å². The predicted molar refractivity (Wildman–Crippen MR) is 212 cm³/mol. The van der Waals surface area contributed by atoms with Gasteiger partial charge in [0.25, 0.3) is 0 Å². The summed E-state index contributed by atoms with van der Waals surface area (Å²) in [5.74, 6) is -0.414. The van der Waals surface area contributed by atoms with Crippen LogP contribution < -0.4 is 10.6 Å². The van der Waals surface area contributed by atoms with Crippen LogP contribution in [0.2, 0.25) is 0 Å². The number of alkyl carbamates (subject to hydrolysis) is 2. The molecule has 14 nitrogen and oxygen atoms in total. The number of carbonyl (C=O) groups excluding carboxylic acids is 2. The van der Waals surface area contributed by atoms with Crippen molar-refractivity contribution >= 4 is 12.2 Å². The van der Waals surface area contributed by atoms with Gasteiger partial charge in [-0.25, -0.2) is 9.59 Å². The molecule has 2 fully saturated rings. The molecule has 2 amide bonds. The Balaban J connectivity index is 1.20. The highest BCUT2D eigenvalue weighted by atomic mass is 16.8. The zero-order valence-electron chi connectivity index (χ0n) is 34.0. The average Bonchev–Trinajstić information content (AvgIpc) is 3.54. The third kappa shape index (κ3) is 11.2. The Labute approximate surface area is 341 Å². The molecule has 6 rings (SSSR count). The van der Waals surface area contributed by atoms with E-state index in [1.807, 2.05) is 114 Å². The molecule has 4 N–H and O–H groups in total. The van der Waals surface area contributed by atoms with Crippen molar-refractivity contribution in [1.29, 1.82) is 0 Å². The first-order valence-electron chi connectivity index (χ1n) is 20.7. The van der Waals surface area contributed by atoms with Crippen molar-refractivity contribution in [3.63, 3.8) is 0 Å². The second-order valence-corrected chi connectivity index (χ2v) is 15.5. The van der Waals surface area contributed by atoms with Crippen LogP contribution in [0.3, 0.4) is 0 Å². The molecule has 2 aromatic carbocycles. The fourth-order valence-electron chi connectivity index (χ4n) is 7.75. The summed E-state index contributed by atoms with van der Waals surface area (Å²) in [5, 5.41) is 29.5. The molecule has 3 aliphatic heterocycles. The van der Waals surface area contributed by atoms with Gasteiger partial charge in [-0.05, 0) is 42.7 Å². The van der Waals surface area contributed by atoms with Crippen molar-refractivity contribution in [2.45, 2.75) is 153 Å². The topological polar surface area (TPSA) is 172 Å². The minimum atomic E-state index is -1.35. The number of nitrogens with one attached hydrogen (secondary N) is 2. The number of carbonyl (C=O) groups is 2. The molecule has 1 aliphatic carbocycles. The van der Waals surface area contributed by atoms with Gasteiger partial charge in [0.2, 0.25) is 0 Å². The molecule has 318 valence electrons. The monoisotopic (exact) mass is 808 g/mol. The molecule has 2 aromatic rings. The van der Waals surface area contributed by atoms with E-state index in [0.29, 0.717) is 12.8 Å². The summed E-state index contributed by atoms with van der Waals surface area (Å²) in [6.07, 6.45) is -0.660. The lowest BCUT2D eigenvalue weighted by Crippen LogP contribution is -2.63. The van der Waals surface area contributed by atoms with Crippen LogP contribution in [-0.2, 0) is 51.1 Å². The lowest BCUT2D eigenvalue weighted by atomic mass is 9.80. The third-order valence-electron chi connectivity index (χ3n) is 11.1. The Kier molecular flexibility index (Phi) is 15.8. The molecule has 15 atom stereocenters. The standard InChI is InChI=1S/C44H60N2O12/c1-6-30-20-19-26(4)40(53-30)57-38-34(8-3)55-42(36(38)48)58-39-35(47)33(46-44(50)52-25-29-17-13-10-14-18-29)23-27(5)37(39)56-41-32(22-21-31(7-2)54-41)45-43(49)51-24-28-15-11-9-12-16-28/h9-22,26-27,30-42,47-48H,6-8,23-25H2,1-5H3,(H,45,49)(H,46,50). The average molecular weight is 809 g/mol. The van der Waals surface area contributed by atoms with Gasteiger partial charge >= 0.3 is 12.2 Å². The normalized spacial score (nSPS) is 35.9. The fourth-order valence-corrected chi connectivity index (χ4v) is 7.75. The Hall–Kier alpha value is -3.86. The molecule has 58 heavy (non-hydrogen) atoms. The second-order valence-electron chi connectivity index (χ2n) is 15.5. The summed E-state index contributed by atoms with van der Waals surface area (Å²) in [5.41, 5.74) is 1.65. The molecule has 0 bridgehead atoms. The molecule has 4 aliphatic rings. The van der Waals surface area contributed by atoms with E-state index in [4.69, 9.17) is 37.9 Å². The van der Waals surface area contributed by atoms with Crippen LogP contribution in [0.25, 0.3) is 0 Å². The molecular formula is C44H60N2O12. The second kappa shape index (κ2) is 20.9. The van der Waals surface area contributed by atoms with Crippen molar-refractivity contribution in [2.75, 3.05) is 0 Å². The number of amides is 2. The van der Waals surface area contributed by atoms with Crippen LogP contribution in [-0.4, -0.2) is 102 Å². The van der Waals surface area contributed by atoms with Gasteiger partial charge in [0, 0.05) is 5.92 Å². The molecule has 14 heteroatoms. The van der Waals surface area contributed by atoms with Gasteiger partial charge in [-0.3, -0.25) is 0 Å². The van der Waals surface area contributed by atoms with Crippen molar-refractivity contribution in [3.05, 3.63) is 96.1 Å². The highest BCUT2D eigenvalue weighted by Gasteiger charge is 2.52. The Bertz CT molecular complexity index is 1650. The number of rotatable bonds is 15. The largest absolute Gasteiger partial charge is 0.445 e. The van der Waals surface area contributed by atoms with Crippen LogP contribution in [0, 0.1) is 11.8 Å². The molecule has 3 heterocycles. The van der Waals surface area contributed by atoms with Gasteiger partial charge < -0.3 is 58.7 Å². The summed E-state index contributed by atoms with van der Waals surface area (Å²) in [7, 11) is 0. The van der Waals surface area contributed by atoms with Crippen LogP contribution in [0.15, 0.2) is 85.0 Å². The molecule has 0 radical (unpaired) electrons. The van der Waals surface area contributed by atoms with Gasteiger partial charge in [-0.1, -0.05) is 120 Å². The number of hydrogen-bond donors (Lipinski definition) is 4. The predicted octanol–water partition coefficient (Wildman–Crippen LogP) is 5.65. The van der Waals surface area contributed by atoms with E-state index in [1.165, 1.54) is 0 Å². The summed E-state index contributed by atoms with van der Waals surface area (Å²) in [4.78, 5) is 26.1. The Morgan fingerprint density at radius 3 is 1.79 bits per heavy atom. The minimum Gasteiger partial charge on any atom is -0.445 e. The van der Waals surface area contributed by atoms with Crippen LogP contribution in [0.4, 0.5) is 9.59 Å². The van der Waals surface area contributed by atoms with Crippen LogP contribution in [0.1, 0.15) is 71.4 Å². The maximum Gasteiger partial charge on any atom is 0.408 e. The first-order chi connectivity index (χ1) is 28.1. The Morgan fingerprint density at radius 1 is 0.638 bits per heavy atom. The summed E-state index contributed by atoms with van der Waals surface area (Å²) in [6.45, 7) is 9.95. The molecule has 0 aromatic heterocycles. The zero-order valence-corrected chi connectivity index (χ0v) is 34.0. The molecule has 15 unspecified atom stereocenters. The number of hydrogen-bond acceptors (Lipinski definition) is 12. The van der Waals surface area contributed by atoms with Crippen molar-refractivity contribution in [2.24, 2.45) is 11.8 Å². The lowest BCUT2D eigenvalue weighted by Gasteiger charge is -2.46. The van der Waals surface area contributed by atoms with E-state index >= 15 is 0 Å². The molecule has 0 spiro atoms. The highest BCUT2D eigenvalue weighted by molar-refractivity contribution is 5.68. The van der Waals surface area contributed by atoms with E-state index in [0.717, 1.165) is 17.5 Å². The maximum absolute atomic E-state index is 13.1. The van der Waals surface area contributed by atoms with Crippen molar-refractivity contribution in [1.82, 2.24) is 10.6 Å². The number of benzene rings is 2. The van der Waals surface area contributed by atoms with Crippen molar-refractivity contribution in [3.8, 4) is 0 Å². The smallest absolute Gasteiger partial charge is 0.408 e. The number of aliphatic hydroxyl groups excluding tert-OH is 2. The molecule has 1 saturated heterocycles. The van der Waals surface area contributed by atoms with E-state index < -0.39 is 79.8 Å². The van der Waals surface area contributed by atoms with Crippen molar-refractivity contribution < 1.29 is 57.7 Å². The zero-order chi connectivity index (χ0) is 41.2. The fraction of sp³-hybridized carbons (Fsp3) is 0.591. The Morgan fingerprint density at radius 2 is 1.19 bits per heavy atom. The molecular weight excluding hydrogens is 748 g/mol. The van der Waals surface area contributed by atoms with E-state index in [-0.39, 0.29) is 43.7 Å². The van der Waals surface area contributed by atoms with E-state index in [2.05, 4.69) is 16.7 Å². The van der Waals surface area contributed by atoms with E-state index in [1.54, 1.807) is 0 Å². The van der Waals surface area contributed by atoms with Gasteiger partial charge in [-0.2, -0.15) is 0 Å². The summed E-state index contributed by atoms with van der Waals surface area (Å²) < 4.78 is 49.5. The quantitative estimate of drug-likeness (QED) is 0.163. The van der Waals surface area contributed by atoms with Gasteiger partial charge in [0.1, 0.15) is 43.7 Å². The SMILES string of the molecule is CCC1C=CC(C)C(OC2C(CC)OC(OC3C(O)C(NC(=O)OCc4ccccc4)CC(C)C3OC3OC(CC)C=CC3NC(=O)OCc3ccccc3)C2O)O1.